The van der Waals surface area contributed by atoms with Crippen LogP contribution < -0.4 is 9.62 Å². The number of nitrogens with zero attached hydrogens (tertiary/aromatic N) is 6. The Bertz CT molecular complexity index is 1710. The summed E-state index contributed by atoms with van der Waals surface area (Å²) >= 11 is 0. The molecule has 0 radical (unpaired) electrons. The summed E-state index contributed by atoms with van der Waals surface area (Å²) in [6.45, 7) is 1.41. The Hall–Kier alpha value is -4.41. The first kappa shape index (κ1) is 28.6. The Balaban J connectivity index is 1.87. The zero-order chi connectivity index (χ0) is 29.4. The van der Waals surface area contributed by atoms with Gasteiger partial charge in [-0.2, -0.15) is 18.3 Å². The van der Waals surface area contributed by atoms with E-state index in [0.717, 1.165) is 10.6 Å². The molecule has 0 saturated heterocycles. The van der Waals surface area contributed by atoms with Gasteiger partial charge in [0, 0.05) is 31.4 Å². The summed E-state index contributed by atoms with van der Waals surface area (Å²) in [5.41, 5.74) is -0.789. The average molecular weight is 583 g/mol. The molecule has 1 aromatic carbocycles. The lowest BCUT2D eigenvalue weighted by atomic mass is 10.0. The predicted molar refractivity (Wildman–Crippen MR) is 136 cm³/mol. The number of anilines is 2. The zero-order valence-corrected chi connectivity index (χ0v) is 22.0. The number of ketones is 1. The highest BCUT2D eigenvalue weighted by molar-refractivity contribution is 7.92. The molecule has 3 N–H and O–H groups in total. The van der Waals surface area contributed by atoms with Crippen LogP contribution in [0.25, 0.3) is 22.4 Å². The van der Waals surface area contributed by atoms with Crippen LogP contribution >= 0.6 is 0 Å². The minimum absolute atomic E-state index is 0.00635. The quantitative estimate of drug-likeness (QED) is 0.197. The number of sulfonamides is 1. The molecule has 40 heavy (non-hydrogen) atoms. The minimum Gasteiger partial charge on any atom is -0.505 e. The van der Waals surface area contributed by atoms with Gasteiger partial charge in [-0.15, -0.1) is 0 Å². The molecule has 4 aromatic rings. The molecule has 0 unspecified atom stereocenters. The van der Waals surface area contributed by atoms with E-state index in [4.69, 9.17) is 0 Å². The molecule has 3 aromatic heterocycles. The van der Waals surface area contributed by atoms with Crippen molar-refractivity contribution in [3.05, 3.63) is 47.3 Å². The average Bonchev–Trinajstić information content (AvgIpc) is 3.31. The number of alkyl halides is 3. The van der Waals surface area contributed by atoms with E-state index >= 15 is 0 Å². The van der Waals surface area contributed by atoms with Crippen molar-refractivity contribution in [2.75, 3.05) is 22.9 Å². The number of halogens is 4. The number of aromatic amines is 1. The summed E-state index contributed by atoms with van der Waals surface area (Å²) in [5, 5.41) is 19.3. The van der Waals surface area contributed by atoms with Crippen LogP contribution in [0.5, 0.6) is 5.75 Å². The van der Waals surface area contributed by atoms with Crippen LogP contribution in [-0.4, -0.2) is 68.9 Å². The molecular weight excluding hydrogens is 560 g/mol. The molecule has 0 saturated carbocycles. The summed E-state index contributed by atoms with van der Waals surface area (Å²) < 4.78 is 79.2. The van der Waals surface area contributed by atoms with Gasteiger partial charge in [0.2, 0.25) is 10.0 Å². The monoisotopic (exact) mass is 582 g/mol. The number of aromatic hydroxyl groups is 1. The van der Waals surface area contributed by atoms with E-state index in [9.17, 15) is 35.9 Å². The summed E-state index contributed by atoms with van der Waals surface area (Å²) in [7, 11) is -2.43. The third-order valence-corrected chi connectivity index (χ3v) is 6.96. The lowest BCUT2D eigenvalue weighted by Gasteiger charge is -2.18. The number of phenols is 1. The zero-order valence-electron chi connectivity index (χ0n) is 21.2. The van der Waals surface area contributed by atoms with Gasteiger partial charge in [0.05, 0.1) is 24.6 Å². The van der Waals surface area contributed by atoms with Crippen molar-refractivity contribution < 1.29 is 35.9 Å². The van der Waals surface area contributed by atoms with Crippen LogP contribution in [0, 0.1) is 5.82 Å². The number of fused-ring (bicyclic) bond motifs is 1. The SMILES string of the molecule is CCC(=O)c1[nH]nc2nc(-c3cc(F)c(O)cc3CC(F)(F)F)nc(NCc3nccnc3N(C)S(C)(=O)=O)c12. The van der Waals surface area contributed by atoms with Crippen LogP contribution in [-0.2, 0) is 23.0 Å². The number of carbonyl (C=O) groups is 1. The second-order valence-corrected chi connectivity index (χ2v) is 10.6. The Morgan fingerprint density at radius 2 is 1.88 bits per heavy atom. The van der Waals surface area contributed by atoms with Gasteiger partial charge < -0.3 is 10.4 Å². The predicted octanol–water partition coefficient (Wildman–Crippen LogP) is 3.36. The number of hydrogen-bond donors (Lipinski definition) is 3. The molecule has 0 bridgehead atoms. The first-order valence-electron chi connectivity index (χ1n) is 11.5. The molecule has 0 aliphatic heterocycles. The first-order valence-corrected chi connectivity index (χ1v) is 13.4. The third kappa shape index (κ3) is 5.93. The smallest absolute Gasteiger partial charge is 0.393 e. The van der Waals surface area contributed by atoms with Crippen LogP contribution in [0.1, 0.15) is 35.1 Å². The Morgan fingerprint density at radius 1 is 1.18 bits per heavy atom. The van der Waals surface area contributed by atoms with E-state index in [1.54, 1.807) is 6.92 Å². The van der Waals surface area contributed by atoms with Crippen molar-refractivity contribution in [3.63, 3.8) is 0 Å². The topological polar surface area (TPSA) is 167 Å². The fourth-order valence-corrected chi connectivity index (χ4v) is 4.27. The lowest BCUT2D eigenvalue weighted by molar-refractivity contribution is -0.127. The number of nitrogens with one attached hydrogen (secondary N) is 2. The van der Waals surface area contributed by atoms with E-state index in [-0.39, 0.29) is 64.2 Å². The van der Waals surface area contributed by atoms with E-state index < -0.39 is 39.8 Å². The number of H-pyrrole nitrogens is 1. The van der Waals surface area contributed by atoms with E-state index in [1.807, 2.05) is 0 Å². The number of Topliss-reactive ketones (excluding diaryl/α,β-unsaturated/α-hetero) is 1. The van der Waals surface area contributed by atoms with Gasteiger partial charge in [-0.05, 0) is 17.7 Å². The van der Waals surface area contributed by atoms with Gasteiger partial charge >= 0.3 is 6.18 Å². The highest BCUT2D eigenvalue weighted by Gasteiger charge is 2.31. The summed E-state index contributed by atoms with van der Waals surface area (Å²) in [6.07, 6.45) is -2.55. The van der Waals surface area contributed by atoms with Gasteiger partial charge in [0.15, 0.2) is 34.6 Å². The third-order valence-electron chi connectivity index (χ3n) is 5.79. The highest BCUT2D eigenvalue weighted by Crippen LogP contribution is 2.35. The number of carbonyl (C=O) groups excluding carboxylic acids is 1. The first-order chi connectivity index (χ1) is 18.7. The summed E-state index contributed by atoms with van der Waals surface area (Å²) in [6, 6.07) is 1.32. The standard InChI is InChI=1S/C23H22F4N8O4S/c1-4-15(36)18-17-20(30-10-14-22(29-6-5-28-14)35(2)40(3,38)39)31-19(32-21(17)34-33-18)12-8-13(24)16(37)7-11(12)9-23(25,26)27/h5-8,37H,4,9-10H2,1-3H3,(H2,30,31,32,33,34). The molecule has 0 aliphatic rings. The number of benzene rings is 1. The normalized spacial score (nSPS) is 12.1. The Morgan fingerprint density at radius 3 is 2.52 bits per heavy atom. The van der Waals surface area contributed by atoms with Crippen molar-refractivity contribution in [1.82, 2.24) is 30.1 Å². The molecule has 0 aliphatic carbocycles. The van der Waals surface area contributed by atoms with Crippen LogP contribution in [0.4, 0.5) is 29.2 Å². The molecule has 0 fully saturated rings. The van der Waals surface area contributed by atoms with Gasteiger partial charge in [-0.1, -0.05) is 6.92 Å². The maximum Gasteiger partial charge on any atom is 0.393 e. The highest BCUT2D eigenvalue weighted by atomic mass is 32.2. The molecule has 212 valence electrons. The van der Waals surface area contributed by atoms with Gasteiger partial charge in [0.25, 0.3) is 0 Å². The van der Waals surface area contributed by atoms with Crippen molar-refractivity contribution in [2.24, 2.45) is 0 Å². The summed E-state index contributed by atoms with van der Waals surface area (Å²) in [4.78, 5) is 29.2. The maximum atomic E-state index is 14.3. The number of rotatable bonds is 9. The van der Waals surface area contributed by atoms with Crippen molar-refractivity contribution >= 4 is 38.5 Å². The van der Waals surface area contributed by atoms with Gasteiger partial charge in [-0.3, -0.25) is 19.2 Å². The van der Waals surface area contributed by atoms with E-state index in [2.05, 4.69) is 35.5 Å². The van der Waals surface area contributed by atoms with Crippen LogP contribution in [0.15, 0.2) is 24.5 Å². The number of aromatic nitrogens is 6. The number of hydrogen-bond acceptors (Lipinski definition) is 10. The van der Waals surface area contributed by atoms with E-state index in [0.29, 0.717) is 12.1 Å². The van der Waals surface area contributed by atoms with Gasteiger partial charge in [-0.25, -0.2) is 27.8 Å². The maximum absolute atomic E-state index is 14.3. The van der Waals surface area contributed by atoms with Gasteiger partial charge in [0.1, 0.15) is 17.2 Å². The lowest BCUT2D eigenvalue weighted by Crippen LogP contribution is -2.27. The van der Waals surface area contributed by atoms with Crippen LogP contribution in [0.3, 0.4) is 0 Å². The molecule has 17 heteroatoms. The van der Waals surface area contributed by atoms with Crippen molar-refractivity contribution in [1.29, 1.82) is 0 Å². The number of phenolic OH excluding ortho intramolecular Hbond substituents is 1. The minimum atomic E-state index is -4.70. The molecule has 3 heterocycles. The summed E-state index contributed by atoms with van der Waals surface area (Å²) in [5.74, 6) is -3.00. The van der Waals surface area contributed by atoms with Crippen molar-refractivity contribution in [3.8, 4) is 17.1 Å². The van der Waals surface area contributed by atoms with E-state index in [1.165, 1.54) is 19.4 Å². The fraction of sp³-hybridized carbons (Fsp3) is 0.304. The Kier molecular flexibility index (Phi) is 7.60. The Labute approximate surface area is 224 Å². The second kappa shape index (κ2) is 10.6. The largest absolute Gasteiger partial charge is 0.505 e. The molecule has 0 spiro atoms. The molecular formula is C23H22F4N8O4S. The molecule has 4 rings (SSSR count). The van der Waals surface area contributed by atoms with Crippen molar-refractivity contribution in [2.45, 2.75) is 32.5 Å². The second-order valence-electron chi connectivity index (χ2n) is 8.63. The molecule has 0 atom stereocenters. The fourth-order valence-electron chi connectivity index (χ4n) is 3.80. The molecule has 0 amide bonds. The molecule has 12 nitrogen and oxygen atoms in total. The van der Waals surface area contributed by atoms with Crippen LogP contribution in [0.2, 0.25) is 0 Å².